The van der Waals surface area contributed by atoms with Gasteiger partial charge < -0.3 is 4.90 Å². The Balaban J connectivity index is 1.49. The molecule has 1 aromatic heterocycles. The molecular formula is C31H29Cl2N3OS. The third-order valence-corrected chi connectivity index (χ3v) is 8.90. The summed E-state index contributed by atoms with van der Waals surface area (Å²) in [4.78, 5) is 21.4. The number of hydrogen-bond acceptors (Lipinski definition) is 3. The smallest absolute Gasteiger partial charge is 0.258 e. The maximum Gasteiger partial charge on any atom is 0.258 e. The van der Waals surface area contributed by atoms with Crippen LogP contribution in [0, 0.1) is 6.92 Å². The van der Waals surface area contributed by atoms with Crippen LogP contribution in [0.3, 0.4) is 0 Å². The number of amides is 1. The highest BCUT2D eigenvalue weighted by Crippen LogP contribution is 2.38. The first kappa shape index (κ1) is 26.6. The van der Waals surface area contributed by atoms with Crippen LogP contribution in [-0.4, -0.2) is 16.3 Å². The highest BCUT2D eigenvalue weighted by molar-refractivity contribution is 8.13. The van der Waals surface area contributed by atoms with E-state index >= 15 is 0 Å². The number of aryl methyl sites for hydroxylation is 2. The number of aromatic nitrogens is 1. The molecular weight excluding hydrogens is 533 g/mol. The number of anilines is 1. The largest absolute Gasteiger partial charge is 0.302 e. The van der Waals surface area contributed by atoms with Crippen LogP contribution in [-0.2, 0) is 13.0 Å². The Kier molecular flexibility index (Phi) is 8.29. The molecule has 3 aromatic carbocycles. The summed E-state index contributed by atoms with van der Waals surface area (Å²) in [7, 11) is -0.259. The van der Waals surface area contributed by atoms with E-state index in [1.54, 1.807) is 29.2 Å². The Hall–Kier alpha value is -2.96. The van der Waals surface area contributed by atoms with Crippen LogP contribution in [0.2, 0.25) is 10.0 Å². The van der Waals surface area contributed by atoms with Gasteiger partial charge in [-0.25, -0.2) is 0 Å². The lowest BCUT2D eigenvalue weighted by atomic mass is 10.1. The molecule has 4 aromatic rings. The molecule has 0 aliphatic heterocycles. The van der Waals surface area contributed by atoms with E-state index in [4.69, 9.17) is 23.2 Å². The Bertz CT molecular complexity index is 1520. The zero-order chi connectivity index (χ0) is 26.6. The lowest BCUT2D eigenvalue weighted by Gasteiger charge is -2.25. The summed E-state index contributed by atoms with van der Waals surface area (Å²) >= 11 is 12.5. The third-order valence-electron chi connectivity index (χ3n) is 6.66. The number of carbonyl (C=O) groups is 1. The van der Waals surface area contributed by atoms with Gasteiger partial charge in [0.05, 0.1) is 12.2 Å². The third kappa shape index (κ3) is 6.02. The van der Waals surface area contributed by atoms with Crippen molar-refractivity contribution >= 4 is 50.8 Å². The van der Waals surface area contributed by atoms with E-state index in [-0.39, 0.29) is 22.6 Å². The molecule has 0 spiro atoms. The van der Waals surface area contributed by atoms with Gasteiger partial charge in [0.2, 0.25) is 0 Å². The van der Waals surface area contributed by atoms with Gasteiger partial charge >= 0.3 is 0 Å². The van der Waals surface area contributed by atoms with Crippen molar-refractivity contribution in [3.05, 3.63) is 123 Å². The van der Waals surface area contributed by atoms with Gasteiger partial charge in [-0.3, -0.25) is 14.5 Å². The fraction of sp³-hybridized carbons (Fsp3) is 0.194. The molecule has 38 heavy (non-hydrogen) atoms. The summed E-state index contributed by atoms with van der Waals surface area (Å²) < 4.78 is 3.84. The second-order valence-corrected chi connectivity index (χ2v) is 12.0. The van der Waals surface area contributed by atoms with Crippen LogP contribution in [0.15, 0.2) is 89.8 Å². The minimum absolute atomic E-state index is 0.112. The lowest BCUT2D eigenvalue weighted by Crippen LogP contribution is -2.31. The van der Waals surface area contributed by atoms with Crippen LogP contribution in [0.25, 0.3) is 0 Å². The van der Waals surface area contributed by atoms with Gasteiger partial charge in [-0.2, -0.15) is 0 Å². The fourth-order valence-electron chi connectivity index (χ4n) is 4.82. The first-order chi connectivity index (χ1) is 18.4. The first-order valence-electron chi connectivity index (χ1n) is 12.6. The van der Waals surface area contributed by atoms with E-state index in [1.165, 1.54) is 11.1 Å². The van der Waals surface area contributed by atoms with Crippen LogP contribution < -0.4 is 9.62 Å². The highest BCUT2D eigenvalue weighted by atomic mass is 35.5. The van der Waals surface area contributed by atoms with Crippen molar-refractivity contribution in [2.45, 2.75) is 44.2 Å². The molecule has 0 saturated carbocycles. The Morgan fingerprint density at radius 2 is 1.79 bits per heavy atom. The Labute approximate surface area is 236 Å². The lowest BCUT2D eigenvalue weighted by molar-refractivity contribution is 0.0984. The van der Waals surface area contributed by atoms with Gasteiger partial charge in [0, 0.05) is 37.9 Å². The first-order valence-corrected chi connectivity index (χ1v) is 14.6. The molecule has 4 nitrogen and oxygen atoms in total. The number of fused-ring (bicyclic) bond motifs is 1. The molecule has 1 heterocycles. The van der Waals surface area contributed by atoms with Gasteiger partial charge in [-0.15, -0.1) is 0 Å². The van der Waals surface area contributed by atoms with E-state index in [1.807, 2.05) is 49.4 Å². The predicted molar refractivity (Wildman–Crippen MR) is 161 cm³/mol. The van der Waals surface area contributed by atoms with Gasteiger partial charge in [-0.1, -0.05) is 58.1 Å². The van der Waals surface area contributed by atoms with Crippen LogP contribution in [0.5, 0.6) is 0 Å². The highest BCUT2D eigenvalue weighted by Gasteiger charge is 2.26. The van der Waals surface area contributed by atoms with Crippen LogP contribution in [0.4, 0.5) is 5.69 Å². The maximum atomic E-state index is 13.8. The van der Waals surface area contributed by atoms with Crippen molar-refractivity contribution in [2.75, 3.05) is 4.90 Å². The monoisotopic (exact) mass is 561 g/mol. The summed E-state index contributed by atoms with van der Waals surface area (Å²) in [6.07, 6.45) is 1.99. The topological polar surface area (TPSA) is 45.2 Å². The normalized spacial score (nSPS) is 15.3. The number of nitrogens with one attached hydrogen (secondary N) is 1. The molecule has 0 saturated heterocycles. The minimum Gasteiger partial charge on any atom is -0.302 e. The zero-order valence-electron chi connectivity index (χ0n) is 21.3. The Morgan fingerprint density at radius 3 is 2.53 bits per heavy atom. The molecule has 194 valence electrons. The van der Waals surface area contributed by atoms with Crippen molar-refractivity contribution in [2.24, 2.45) is 0 Å². The van der Waals surface area contributed by atoms with E-state index in [0.717, 1.165) is 39.8 Å². The summed E-state index contributed by atoms with van der Waals surface area (Å²) in [6, 6.07) is 27.5. The quantitative estimate of drug-likeness (QED) is 0.231. The predicted octanol–water partition coefficient (Wildman–Crippen LogP) is 8.19. The summed E-state index contributed by atoms with van der Waals surface area (Å²) in [6.45, 7) is 4.39. The molecule has 1 amide bonds. The van der Waals surface area contributed by atoms with Crippen molar-refractivity contribution in [1.29, 1.82) is 0 Å². The number of nitrogens with zero attached hydrogens (tertiary/aromatic N) is 2. The van der Waals surface area contributed by atoms with Crippen molar-refractivity contribution < 1.29 is 4.79 Å². The van der Waals surface area contributed by atoms with Crippen molar-refractivity contribution in [1.82, 2.24) is 9.71 Å². The minimum atomic E-state index is -0.259. The maximum absolute atomic E-state index is 13.8. The molecule has 0 bridgehead atoms. The summed E-state index contributed by atoms with van der Waals surface area (Å²) in [5, 5.41) is 3.45. The molecule has 2 atom stereocenters. The molecule has 1 aliphatic rings. The number of hydrogen-bond donors (Lipinski definition) is 1. The van der Waals surface area contributed by atoms with Gasteiger partial charge in [0.15, 0.2) is 0 Å². The van der Waals surface area contributed by atoms with Gasteiger partial charge in [0.25, 0.3) is 5.91 Å². The Morgan fingerprint density at radius 1 is 1.03 bits per heavy atom. The fourth-order valence-corrected chi connectivity index (χ4v) is 6.84. The summed E-state index contributed by atoms with van der Waals surface area (Å²) in [5.41, 5.74) is 5.67. The number of pyridine rings is 1. The number of benzene rings is 3. The van der Waals surface area contributed by atoms with Gasteiger partial charge in [-0.05, 0) is 104 Å². The van der Waals surface area contributed by atoms with Crippen LogP contribution in [0.1, 0.15) is 52.3 Å². The number of halogens is 2. The molecule has 2 unspecified atom stereocenters. The average molecular weight is 563 g/mol. The van der Waals surface area contributed by atoms with E-state index in [2.05, 4.69) is 40.2 Å². The SMILES string of the molecule is C/C=S(\NC1CCc2ccc(N(Cc3cccc(C)n3)C(=O)c3cccc(Cl)c3)cc21)c1cccc(Cl)c1. The van der Waals surface area contributed by atoms with E-state index in [9.17, 15) is 4.79 Å². The molecule has 1 N–H and O–H groups in total. The van der Waals surface area contributed by atoms with E-state index < -0.39 is 0 Å². The molecule has 0 radical (unpaired) electrons. The van der Waals surface area contributed by atoms with E-state index in [0.29, 0.717) is 17.1 Å². The van der Waals surface area contributed by atoms with Crippen LogP contribution >= 0.6 is 33.9 Å². The van der Waals surface area contributed by atoms with Gasteiger partial charge in [0.1, 0.15) is 0 Å². The molecule has 7 heteroatoms. The van der Waals surface area contributed by atoms with Crippen molar-refractivity contribution in [3.8, 4) is 0 Å². The second kappa shape index (κ2) is 11.8. The molecule has 1 aliphatic carbocycles. The van der Waals surface area contributed by atoms with Crippen molar-refractivity contribution in [3.63, 3.8) is 0 Å². The zero-order valence-corrected chi connectivity index (χ0v) is 23.7. The number of rotatable bonds is 7. The second-order valence-electron chi connectivity index (χ2n) is 9.30. The summed E-state index contributed by atoms with van der Waals surface area (Å²) in [5.74, 6) is -0.112. The molecule has 0 fully saturated rings. The number of carbonyl (C=O) groups excluding carboxylic acids is 1. The average Bonchev–Trinajstić information content (AvgIpc) is 3.32. The standard InChI is InChI=1S/C31H29Cl2N3OS/c1-3-38(28-12-6-10-25(33)18-28)35-30-16-14-22-13-15-27(19-29(22)30)36(20-26-11-4-7-21(2)34-26)31(37)23-8-5-9-24(32)17-23/h3-13,15,17-19,30,35H,14,16,20H2,1-2H3. The molecule has 5 rings (SSSR count).